The van der Waals surface area contributed by atoms with Crippen LogP contribution in [0.2, 0.25) is 0 Å². The van der Waals surface area contributed by atoms with Crippen LogP contribution in [-0.4, -0.2) is 31.9 Å². The van der Waals surface area contributed by atoms with Gasteiger partial charge in [-0.15, -0.1) is 0 Å². The highest BCUT2D eigenvalue weighted by Crippen LogP contribution is 2.26. The van der Waals surface area contributed by atoms with Crippen LogP contribution in [-0.2, 0) is 10.0 Å². The number of halogens is 1. The molecule has 1 atom stereocenters. The molecule has 22 heavy (non-hydrogen) atoms. The predicted molar refractivity (Wildman–Crippen MR) is 80.6 cm³/mol. The molecule has 0 aliphatic rings. The summed E-state index contributed by atoms with van der Waals surface area (Å²) in [6.45, 7) is 1.73. The molecule has 7 heteroatoms. The average Bonchev–Trinajstić information content (AvgIpc) is 2.54. The molecule has 2 aromatic rings. The molecule has 0 bridgehead atoms. The molecule has 0 fully saturated rings. The first-order valence-electron chi connectivity index (χ1n) is 6.59. The van der Waals surface area contributed by atoms with Crippen molar-refractivity contribution in [1.29, 1.82) is 0 Å². The summed E-state index contributed by atoms with van der Waals surface area (Å²) in [5, 5.41) is 0. The van der Waals surface area contributed by atoms with Gasteiger partial charge < -0.3 is 4.74 Å². The minimum atomic E-state index is -3.73. The van der Waals surface area contributed by atoms with Crippen molar-refractivity contribution >= 4 is 10.0 Å². The minimum Gasteiger partial charge on any atom is -0.495 e. The first-order valence-corrected chi connectivity index (χ1v) is 8.03. The van der Waals surface area contributed by atoms with Crippen molar-refractivity contribution in [3.05, 3.63) is 54.1 Å². The fourth-order valence-corrected chi connectivity index (χ4v) is 3.31. The Labute approximate surface area is 129 Å². The summed E-state index contributed by atoms with van der Waals surface area (Å²) in [5.41, 5.74) is 0.698. The van der Waals surface area contributed by atoms with E-state index in [2.05, 4.69) is 4.98 Å². The van der Waals surface area contributed by atoms with Gasteiger partial charge in [-0.3, -0.25) is 4.98 Å². The molecule has 0 spiro atoms. The van der Waals surface area contributed by atoms with Crippen LogP contribution in [0.3, 0.4) is 0 Å². The molecule has 0 N–H and O–H groups in total. The second-order valence-corrected chi connectivity index (χ2v) is 6.81. The fourth-order valence-electron chi connectivity index (χ4n) is 1.98. The van der Waals surface area contributed by atoms with Gasteiger partial charge in [-0.2, -0.15) is 4.31 Å². The number of methoxy groups -OCH3 is 1. The zero-order chi connectivity index (χ0) is 16.3. The number of nitrogens with zero attached hydrogens (tertiary/aromatic N) is 2. The van der Waals surface area contributed by atoms with Crippen LogP contribution < -0.4 is 4.74 Å². The van der Waals surface area contributed by atoms with E-state index < -0.39 is 16.1 Å². The standard InChI is InChI=1S/C15H17FN2O3S/c1-11(12-4-6-13(16)7-5-12)18(2)22(19,20)15-8-14(21-3)9-17-10-15/h4-11H,1-3H3/t11-/m1/s1. The highest BCUT2D eigenvalue weighted by Gasteiger charge is 2.27. The zero-order valence-corrected chi connectivity index (χ0v) is 13.3. The van der Waals surface area contributed by atoms with Crippen LogP contribution in [0.4, 0.5) is 4.39 Å². The Bertz CT molecular complexity index is 748. The summed E-state index contributed by atoms with van der Waals surface area (Å²) in [6, 6.07) is 6.71. The van der Waals surface area contributed by atoms with Crippen molar-refractivity contribution in [2.45, 2.75) is 17.9 Å². The highest BCUT2D eigenvalue weighted by molar-refractivity contribution is 7.89. The third-order valence-electron chi connectivity index (χ3n) is 3.50. The number of rotatable bonds is 5. The summed E-state index contributed by atoms with van der Waals surface area (Å²) < 4.78 is 44.5. The summed E-state index contributed by atoms with van der Waals surface area (Å²) in [4.78, 5) is 3.91. The molecule has 0 aliphatic carbocycles. The lowest BCUT2D eigenvalue weighted by molar-refractivity contribution is 0.394. The third-order valence-corrected chi connectivity index (χ3v) is 5.39. The van der Waals surface area contributed by atoms with Crippen LogP contribution in [0, 0.1) is 5.82 Å². The summed E-state index contributed by atoms with van der Waals surface area (Å²) in [6.07, 6.45) is 2.70. The molecule has 0 saturated heterocycles. The van der Waals surface area contributed by atoms with E-state index in [4.69, 9.17) is 4.74 Å². The van der Waals surface area contributed by atoms with Gasteiger partial charge >= 0.3 is 0 Å². The van der Waals surface area contributed by atoms with Gasteiger partial charge in [-0.25, -0.2) is 12.8 Å². The number of aromatic nitrogens is 1. The molecule has 5 nitrogen and oxygen atoms in total. The number of ether oxygens (including phenoxy) is 1. The number of pyridine rings is 1. The minimum absolute atomic E-state index is 0.0447. The van der Waals surface area contributed by atoms with Crippen LogP contribution in [0.25, 0.3) is 0 Å². The van der Waals surface area contributed by atoms with Crippen molar-refractivity contribution in [3.8, 4) is 5.75 Å². The molecule has 0 unspecified atom stereocenters. The van der Waals surface area contributed by atoms with Crippen LogP contribution in [0.1, 0.15) is 18.5 Å². The molecule has 1 aromatic carbocycles. The fraction of sp³-hybridized carbons (Fsp3) is 0.267. The van der Waals surface area contributed by atoms with Gasteiger partial charge in [0.1, 0.15) is 16.5 Å². The molecule has 2 rings (SSSR count). The van der Waals surface area contributed by atoms with Crippen LogP contribution in [0.15, 0.2) is 47.6 Å². The molecule has 1 aromatic heterocycles. The summed E-state index contributed by atoms with van der Waals surface area (Å²) in [5.74, 6) is 0.00219. The maximum Gasteiger partial charge on any atom is 0.245 e. The largest absolute Gasteiger partial charge is 0.495 e. The van der Waals surface area contributed by atoms with Crippen molar-refractivity contribution in [2.75, 3.05) is 14.2 Å². The van der Waals surface area contributed by atoms with Gasteiger partial charge in [0.2, 0.25) is 10.0 Å². The lowest BCUT2D eigenvalue weighted by Crippen LogP contribution is -2.30. The molecule has 0 saturated carbocycles. The number of sulfonamides is 1. The Kier molecular flexibility index (Phi) is 4.77. The highest BCUT2D eigenvalue weighted by atomic mass is 32.2. The van der Waals surface area contributed by atoms with Crippen molar-refractivity contribution in [2.24, 2.45) is 0 Å². The zero-order valence-electron chi connectivity index (χ0n) is 12.5. The Hall–Kier alpha value is -1.99. The SMILES string of the molecule is COc1cncc(S(=O)(=O)N(C)[C@H](C)c2ccc(F)cc2)c1. The predicted octanol–water partition coefficient (Wildman–Crippen LogP) is 2.61. The first kappa shape index (κ1) is 16.4. The maximum absolute atomic E-state index is 13.0. The molecule has 0 aliphatic heterocycles. The number of hydrogen-bond donors (Lipinski definition) is 0. The second-order valence-electron chi connectivity index (χ2n) is 4.81. The monoisotopic (exact) mass is 324 g/mol. The van der Waals surface area contributed by atoms with E-state index in [9.17, 15) is 12.8 Å². The summed E-state index contributed by atoms with van der Waals surface area (Å²) >= 11 is 0. The maximum atomic E-state index is 13.0. The number of hydrogen-bond acceptors (Lipinski definition) is 4. The second kappa shape index (κ2) is 6.41. The van der Waals surface area contributed by atoms with E-state index in [1.54, 1.807) is 19.1 Å². The Balaban J connectivity index is 2.33. The van der Waals surface area contributed by atoms with Gasteiger partial charge in [0, 0.05) is 25.4 Å². The van der Waals surface area contributed by atoms with E-state index in [-0.39, 0.29) is 10.7 Å². The van der Waals surface area contributed by atoms with E-state index in [0.29, 0.717) is 11.3 Å². The van der Waals surface area contributed by atoms with Gasteiger partial charge in [-0.1, -0.05) is 12.1 Å². The third kappa shape index (κ3) is 3.26. The molecular weight excluding hydrogens is 307 g/mol. The van der Waals surface area contributed by atoms with Gasteiger partial charge in [-0.05, 0) is 24.6 Å². The van der Waals surface area contributed by atoms with E-state index in [1.807, 2.05) is 0 Å². The van der Waals surface area contributed by atoms with E-state index >= 15 is 0 Å². The average molecular weight is 324 g/mol. The van der Waals surface area contributed by atoms with E-state index in [1.165, 1.54) is 49.1 Å². The van der Waals surface area contributed by atoms with Gasteiger partial charge in [0.05, 0.1) is 13.3 Å². The smallest absolute Gasteiger partial charge is 0.245 e. The first-order chi connectivity index (χ1) is 10.4. The molecule has 1 heterocycles. The van der Waals surface area contributed by atoms with Gasteiger partial charge in [0.15, 0.2) is 0 Å². The summed E-state index contributed by atoms with van der Waals surface area (Å²) in [7, 11) is -0.814. The Morgan fingerprint density at radius 2 is 1.86 bits per heavy atom. The quantitative estimate of drug-likeness (QED) is 0.848. The van der Waals surface area contributed by atoms with Crippen molar-refractivity contribution in [3.63, 3.8) is 0 Å². The normalized spacial score (nSPS) is 13.1. The Morgan fingerprint density at radius 3 is 2.45 bits per heavy atom. The molecule has 118 valence electrons. The Morgan fingerprint density at radius 1 is 1.23 bits per heavy atom. The molecular formula is C15H17FN2O3S. The molecule has 0 radical (unpaired) electrons. The lowest BCUT2D eigenvalue weighted by Gasteiger charge is -2.24. The van der Waals surface area contributed by atoms with Crippen LogP contribution >= 0.6 is 0 Å². The topological polar surface area (TPSA) is 59.5 Å². The van der Waals surface area contributed by atoms with E-state index in [0.717, 1.165) is 0 Å². The lowest BCUT2D eigenvalue weighted by atomic mass is 10.1. The van der Waals surface area contributed by atoms with Crippen LogP contribution in [0.5, 0.6) is 5.75 Å². The van der Waals surface area contributed by atoms with Crippen molar-refractivity contribution in [1.82, 2.24) is 9.29 Å². The van der Waals surface area contributed by atoms with Crippen molar-refractivity contribution < 1.29 is 17.5 Å². The number of benzene rings is 1. The molecule has 0 amide bonds. The van der Waals surface area contributed by atoms with Gasteiger partial charge in [0.25, 0.3) is 0 Å².